The summed E-state index contributed by atoms with van der Waals surface area (Å²) in [6.45, 7) is 2.04. The van der Waals surface area contributed by atoms with Crippen LogP contribution in [0.1, 0.15) is 5.56 Å². The number of nitrogens with zero attached hydrogens (tertiary/aromatic N) is 1. The molecule has 0 aliphatic rings. The second-order valence-corrected chi connectivity index (χ2v) is 3.74. The highest BCUT2D eigenvalue weighted by Gasteiger charge is 2.08. The fourth-order valence-corrected chi connectivity index (χ4v) is 1.77. The van der Waals surface area contributed by atoms with Crippen LogP contribution >= 0.6 is 0 Å². The first-order valence-corrected chi connectivity index (χ1v) is 5.40. The van der Waals surface area contributed by atoms with Crippen molar-refractivity contribution < 1.29 is 9.47 Å². The Hall–Kier alpha value is -2.03. The quantitative estimate of drug-likeness (QED) is 0.810. The fraction of sp³-hybridized carbons (Fsp3) is 0.214. The maximum Gasteiger partial charge on any atom is 0.161 e. The van der Waals surface area contributed by atoms with E-state index in [1.54, 1.807) is 20.4 Å². The minimum absolute atomic E-state index is 0.718. The van der Waals surface area contributed by atoms with Gasteiger partial charge < -0.3 is 9.47 Å². The third-order valence-corrected chi connectivity index (χ3v) is 2.67. The highest BCUT2D eigenvalue weighted by molar-refractivity contribution is 5.66. The van der Waals surface area contributed by atoms with Gasteiger partial charge in [0.25, 0.3) is 0 Å². The largest absolute Gasteiger partial charge is 0.493 e. The monoisotopic (exact) mass is 229 g/mol. The van der Waals surface area contributed by atoms with Gasteiger partial charge in [0.15, 0.2) is 11.5 Å². The van der Waals surface area contributed by atoms with Crippen molar-refractivity contribution in [3.05, 3.63) is 42.1 Å². The van der Waals surface area contributed by atoms with E-state index in [1.165, 1.54) is 0 Å². The molecule has 17 heavy (non-hydrogen) atoms. The predicted octanol–water partition coefficient (Wildman–Crippen LogP) is 3.07. The summed E-state index contributed by atoms with van der Waals surface area (Å²) in [7, 11) is 3.26. The molecule has 88 valence electrons. The van der Waals surface area contributed by atoms with E-state index < -0.39 is 0 Å². The molecule has 2 rings (SSSR count). The zero-order chi connectivity index (χ0) is 12.3. The molecule has 1 aromatic heterocycles. The van der Waals surface area contributed by atoms with Gasteiger partial charge in [0.2, 0.25) is 0 Å². The summed E-state index contributed by atoms with van der Waals surface area (Å²) in [5.41, 5.74) is 3.13. The number of benzene rings is 1. The number of pyridine rings is 1. The van der Waals surface area contributed by atoms with Crippen molar-refractivity contribution in [2.24, 2.45) is 0 Å². The summed E-state index contributed by atoms with van der Waals surface area (Å²) in [5, 5.41) is 0. The van der Waals surface area contributed by atoms with Crippen LogP contribution < -0.4 is 9.47 Å². The summed E-state index contributed by atoms with van der Waals surface area (Å²) >= 11 is 0. The molecular weight excluding hydrogens is 214 g/mol. The van der Waals surface area contributed by atoms with Gasteiger partial charge in [-0.3, -0.25) is 4.98 Å². The minimum atomic E-state index is 0.718. The molecule has 0 aliphatic carbocycles. The van der Waals surface area contributed by atoms with Crippen LogP contribution in [-0.4, -0.2) is 19.2 Å². The molecule has 0 N–H and O–H groups in total. The molecule has 2 aromatic rings. The van der Waals surface area contributed by atoms with E-state index in [1.807, 2.05) is 37.3 Å². The first-order valence-electron chi connectivity index (χ1n) is 5.40. The van der Waals surface area contributed by atoms with E-state index in [4.69, 9.17) is 9.47 Å². The van der Waals surface area contributed by atoms with Crippen molar-refractivity contribution in [2.45, 2.75) is 6.92 Å². The van der Waals surface area contributed by atoms with Gasteiger partial charge in [-0.05, 0) is 36.8 Å². The molecule has 0 aliphatic heterocycles. The second kappa shape index (κ2) is 4.87. The second-order valence-electron chi connectivity index (χ2n) is 3.74. The molecule has 0 radical (unpaired) electrons. The van der Waals surface area contributed by atoms with Gasteiger partial charge in [-0.25, -0.2) is 0 Å². The zero-order valence-corrected chi connectivity index (χ0v) is 10.2. The Morgan fingerprint density at radius 1 is 1.00 bits per heavy atom. The average molecular weight is 229 g/mol. The van der Waals surface area contributed by atoms with Crippen molar-refractivity contribution in [2.75, 3.05) is 14.2 Å². The molecule has 0 atom stereocenters. The molecule has 0 saturated carbocycles. The number of aromatic nitrogens is 1. The Kier molecular flexibility index (Phi) is 3.28. The molecule has 0 unspecified atom stereocenters. The summed E-state index contributed by atoms with van der Waals surface area (Å²) in [6.07, 6.45) is 1.79. The van der Waals surface area contributed by atoms with Crippen molar-refractivity contribution >= 4 is 0 Å². The molecule has 0 saturated heterocycles. The van der Waals surface area contributed by atoms with E-state index in [9.17, 15) is 0 Å². The van der Waals surface area contributed by atoms with Crippen molar-refractivity contribution in [3.63, 3.8) is 0 Å². The van der Waals surface area contributed by atoms with Gasteiger partial charge in [-0.15, -0.1) is 0 Å². The summed E-state index contributed by atoms with van der Waals surface area (Å²) in [6, 6.07) is 9.78. The average Bonchev–Trinajstić information content (AvgIpc) is 2.38. The molecule has 0 amide bonds. The number of aryl methyl sites for hydroxylation is 1. The number of hydrogen-bond donors (Lipinski definition) is 0. The van der Waals surface area contributed by atoms with E-state index in [-0.39, 0.29) is 0 Å². The maximum atomic E-state index is 5.29. The SMILES string of the molecule is COc1ccc(-c2ncccc2C)cc1OC. The molecule has 1 heterocycles. The van der Waals surface area contributed by atoms with Gasteiger partial charge >= 0.3 is 0 Å². The molecule has 1 aromatic carbocycles. The minimum Gasteiger partial charge on any atom is -0.493 e. The lowest BCUT2D eigenvalue weighted by Gasteiger charge is -2.10. The van der Waals surface area contributed by atoms with Crippen LogP contribution in [0, 0.1) is 6.92 Å². The van der Waals surface area contributed by atoms with Gasteiger partial charge in [-0.2, -0.15) is 0 Å². The number of methoxy groups -OCH3 is 2. The van der Waals surface area contributed by atoms with Crippen LogP contribution in [-0.2, 0) is 0 Å². The Labute approximate surface area is 101 Å². The van der Waals surface area contributed by atoms with E-state index in [2.05, 4.69) is 4.98 Å². The first-order chi connectivity index (χ1) is 8.26. The van der Waals surface area contributed by atoms with Gasteiger partial charge in [-0.1, -0.05) is 6.07 Å². The van der Waals surface area contributed by atoms with Crippen LogP contribution in [0.25, 0.3) is 11.3 Å². The van der Waals surface area contributed by atoms with Gasteiger partial charge in [0, 0.05) is 11.8 Å². The van der Waals surface area contributed by atoms with E-state index in [0.717, 1.165) is 28.3 Å². The van der Waals surface area contributed by atoms with Crippen LogP contribution in [0.15, 0.2) is 36.5 Å². The van der Waals surface area contributed by atoms with E-state index in [0.29, 0.717) is 0 Å². The van der Waals surface area contributed by atoms with Crippen LogP contribution in [0.2, 0.25) is 0 Å². The summed E-state index contributed by atoms with van der Waals surface area (Å²) in [4.78, 5) is 4.38. The van der Waals surface area contributed by atoms with Crippen molar-refractivity contribution in [1.82, 2.24) is 4.98 Å². The number of rotatable bonds is 3. The fourth-order valence-electron chi connectivity index (χ4n) is 1.77. The maximum absolute atomic E-state index is 5.29. The normalized spacial score (nSPS) is 10.1. The third kappa shape index (κ3) is 2.23. The Morgan fingerprint density at radius 3 is 2.41 bits per heavy atom. The lowest BCUT2D eigenvalue weighted by molar-refractivity contribution is 0.355. The molecular formula is C14H15NO2. The lowest BCUT2D eigenvalue weighted by atomic mass is 10.1. The van der Waals surface area contributed by atoms with Gasteiger partial charge in [0.1, 0.15) is 0 Å². The summed E-state index contributed by atoms with van der Waals surface area (Å²) < 4.78 is 10.5. The van der Waals surface area contributed by atoms with Crippen molar-refractivity contribution in [3.8, 4) is 22.8 Å². The highest BCUT2D eigenvalue weighted by atomic mass is 16.5. The summed E-state index contributed by atoms with van der Waals surface area (Å²) in [5.74, 6) is 1.44. The molecule has 0 bridgehead atoms. The van der Waals surface area contributed by atoms with Crippen LogP contribution in [0.5, 0.6) is 11.5 Å². The van der Waals surface area contributed by atoms with Crippen molar-refractivity contribution in [1.29, 1.82) is 0 Å². The van der Waals surface area contributed by atoms with Gasteiger partial charge in [0.05, 0.1) is 19.9 Å². The molecule has 3 nitrogen and oxygen atoms in total. The predicted molar refractivity (Wildman–Crippen MR) is 67.5 cm³/mol. The Balaban J connectivity index is 2.50. The number of hydrogen-bond acceptors (Lipinski definition) is 3. The highest BCUT2D eigenvalue weighted by Crippen LogP contribution is 2.32. The standard InChI is InChI=1S/C14H15NO2/c1-10-5-4-8-15-14(10)11-6-7-12(16-2)13(9-11)17-3/h4-9H,1-3H3. The topological polar surface area (TPSA) is 31.4 Å². The number of ether oxygens (including phenoxy) is 2. The lowest BCUT2D eigenvalue weighted by Crippen LogP contribution is -1.92. The van der Waals surface area contributed by atoms with Crippen LogP contribution in [0.3, 0.4) is 0 Å². The Morgan fingerprint density at radius 2 is 1.76 bits per heavy atom. The molecule has 0 fully saturated rings. The molecule has 0 spiro atoms. The first kappa shape index (κ1) is 11.5. The Bertz CT molecular complexity index is 523. The third-order valence-electron chi connectivity index (χ3n) is 2.67. The van der Waals surface area contributed by atoms with E-state index >= 15 is 0 Å². The van der Waals surface area contributed by atoms with Crippen LogP contribution in [0.4, 0.5) is 0 Å². The molecule has 3 heteroatoms. The zero-order valence-electron chi connectivity index (χ0n) is 10.2. The smallest absolute Gasteiger partial charge is 0.161 e.